The van der Waals surface area contributed by atoms with Crippen LogP contribution in [0, 0.1) is 0 Å². The first-order valence-corrected chi connectivity index (χ1v) is 8.25. The van der Waals surface area contributed by atoms with Crippen molar-refractivity contribution >= 4 is 11.6 Å². The summed E-state index contributed by atoms with van der Waals surface area (Å²) in [4.78, 5) is 16.7. The van der Waals surface area contributed by atoms with Crippen molar-refractivity contribution in [2.24, 2.45) is 0 Å². The molecule has 1 saturated heterocycles. The highest BCUT2D eigenvalue weighted by molar-refractivity contribution is 5.81. The lowest BCUT2D eigenvalue weighted by atomic mass is 9.86. The predicted octanol–water partition coefficient (Wildman–Crippen LogP) is 2.56. The van der Waals surface area contributed by atoms with Crippen LogP contribution in [0.25, 0.3) is 0 Å². The number of carbonyl (C=O) groups is 1. The number of para-hydroxylation sites is 1. The van der Waals surface area contributed by atoms with E-state index in [4.69, 9.17) is 0 Å². The fourth-order valence-corrected chi connectivity index (χ4v) is 2.89. The van der Waals surface area contributed by atoms with Gasteiger partial charge in [-0.15, -0.1) is 0 Å². The Labute approximate surface area is 134 Å². The van der Waals surface area contributed by atoms with Crippen molar-refractivity contribution < 1.29 is 4.79 Å². The molecule has 0 atom stereocenters. The van der Waals surface area contributed by atoms with E-state index in [9.17, 15) is 4.79 Å². The molecule has 0 unspecified atom stereocenters. The molecule has 1 heterocycles. The Hall–Kier alpha value is -1.55. The number of hydrogen-bond acceptors (Lipinski definition) is 3. The maximum Gasteiger partial charge on any atom is 0.241 e. The van der Waals surface area contributed by atoms with Crippen molar-refractivity contribution in [2.45, 2.75) is 33.1 Å². The van der Waals surface area contributed by atoms with Crippen LogP contribution >= 0.6 is 0 Å². The van der Waals surface area contributed by atoms with E-state index in [1.165, 1.54) is 5.56 Å². The first-order valence-electron chi connectivity index (χ1n) is 8.25. The summed E-state index contributed by atoms with van der Waals surface area (Å²) in [5.74, 6) is 0.194. The predicted molar refractivity (Wildman–Crippen MR) is 92.3 cm³/mol. The molecule has 0 saturated carbocycles. The summed E-state index contributed by atoms with van der Waals surface area (Å²) < 4.78 is 0. The summed E-state index contributed by atoms with van der Waals surface area (Å²) >= 11 is 0. The molecule has 0 aliphatic carbocycles. The zero-order valence-corrected chi connectivity index (χ0v) is 14.4. The first kappa shape index (κ1) is 16.8. The molecule has 4 heteroatoms. The molecule has 0 spiro atoms. The normalized spacial score (nSPS) is 16.6. The van der Waals surface area contributed by atoms with E-state index in [1.807, 2.05) is 11.0 Å². The fourth-order valence-electron chi connectivity index (χ4n) is 2.89. The number of nitrogens with zero attached hydrogens (tertiary/aromatic N) is 2. The molecule has 1 aliphatic heterocycles. The van der Waals surface area contributed by atoms with E-state index in [-0.39, 0.29) is 11.3 Å². The Kier molecular flexibility index (Phi) is 5.46. The van der Waals surface area contributed by atoms with Crippen LogP contribution in [0.5, 0.6) is 0 Å². The molecule has 0 bridgehead atoms. The number of likely N-dealkylation sites (N-methyl/N-ethyl adjacent to an activating group) is 1. The summed E-state index contributed by atoms with van der Waals surface area (Å²) in [6.45, 7) is 13.9. The van der Waals surface area contributed by atoms with Crippen LogP contribution in [-0.4, -0.2) is 55.0 Å². The van der Waals surface area contributed by atoms with E-state index in [0.29, 0.717) is 6.54 Å². The Bertz CT molecular complexity index is 499. The van der Waals surface area contributed by atoms with Crippen molar-refractivity contribution in [1.82, 2.24) is 9.80 Å². The number of anilines is 1. The number of hydrogen-bond donors (Lipinski definition) is 1. The third kappa shape index (κ3) is 4.23. The monoisotopic (exact) mass is 303 g/mol. The van der Waals surface area contributed by atoms with Gasteiger partial charge in [-0.3, -0.25) is 4.79 Å². The second-order valence-corrected chi connectivity index (χ2v) is 6.96. The number of amides is 1. The molecular weight excluding hydrogens is 274 g/mol. The maximum atomic E-state index is 12.4. The Balaban J connectivity index is 1.92. The molecule has 122 valence electrons. The third-order valence-electron chi connectivity index (χ3n) is 4.34. The molecule has 1 fully saturated rings. The molecular formula is C18H29N3O. The van der Waals surface area contributed by atoms with Gasteiger partial charge in [-0.05, 0) is 23.6 Å². The van der Waals surface area contributed by atoms with Gasteiger partial charge in [0.1, 0.15) is 0 Å². The van der Waals surface area contributed by atoms with Gasteiger partial charge in [0, 0.05) is 31.9 Å². The molecule has 0 aromatic heterocycles. The average molecular weight is 303 g/mol. The van der Waals surface area contributed by atoms with Crippen LogP contribution in [0.2, 0.25) is 0 Å². The Morgan fingerprint density at radius 3 is 2.36 bits per heavy atom. The van der Waals surface area contributed by atoms with Crippen LogP contribution in [0.3, 0.4) is 0 Å². The Morgan fingerprint density at radius 2 is 1.77 bits per heavy atom. The SMILES string of the molecule is CCN1CCN(C(=O)CNc2ccccc2C(C)(C)C)CC1. The summed E-state index contributed by atoms with van der Waals surface area (Å²) in [5.41, 5.74) is 2.38. The van der Waals surface area contributed by atoms with Gasteiger partial charge < -0.3 is 15.1 Å². The maximum absolute atomic E-state index is 12.4. The van der Waals surface area contributed by atoms with Crippen molar-refractivity contribution in [3.05, 3.63) is 29.8 Å². The second kappa shape index (κ2) is 7.14. The number of rotatable bonds is 4. The zero-order chi connectivity index (χ0) is 16.2. The van der Waals surface area contributed by atoms with Gasteiger partial charge in [-0.2, -0.15) is 0 Å². The molecule has 1 aromatic rings. The van der Waals surface area contributed by atoms with Gasteiger partial charge in [-0.25, -0.2) is 0 Å². The van der Waals surface area contributed by atoms with Gasteiger partial charge in [0.15, 0.2) is 0 Å². The van der Waals surface area contributed by atoms with E-state index in [2.05, 4.69) is 56.1 Å². The van der Waals surface area contributed by atoms with E-state index in [0.717, 1.165) is 38.4 Å². The molecule has 4 nitrogen and oxygen atoms in total. The van der Waals surface area contributed by atoms with Gasteiger partial charge in [0.05, 0.1) is 6.54 Å². The fraction of sp³-hybridized carbons (Fsp3) is 0.611. The smallest absolute Gasteiger partial charge is 0.241 e. The molecule has 0 radical (unpaired) electrons. The highest BCUT2D eigenvalue weighted by Gasteiger charge is 2.21. The molecule has 2 rings (SSSR count). The second-order valence-electron chi connectivity index (χ2n) is 6.96. The standard InChI is InChI=1S/C18H29N3O/c1-5-20-10-12-21(13-11-20)17(22)14-19-16-9-7-6-8-15(16)18(2,3)4/h6-9,19H,5,10-14H2,1-4H3. The van der Waals surface area contributed by atoms with Gasteiger partial charge in [0.2, 0.25) is 5.91 Å². The molecule has 1 amide bonds. The van der Waals surface area contributed by atoms with E-state index < -0.39 is 0 Å². The van der Waals surface area contributed by atoms with Crippen molar-refractivity contribution in [3.63, 3.8) is 0 Å². The number of nitrogens with one attached hydrogen (secondary N) is 1. The number of piperazine rings is 1. The number of carbonyl (C=O) groups excluding carboxylic acids is 1. The van der Waals surface area contributed by atoms with Gasteiger partial charge >= 0.3 is 0 Å². The largest absolute Gasteiger partial charge is 0.376 e. The van der Waals surface area contributed by atoms with Crippen LogP contribution < -0.4 is 5.32 Å². The van der Waals surface area contributed by atoms with Crippen molar-refractivity contribution in [3.8, 4) is 0 Å². The first-order chi connectivity index (χ1) is 10.4. The highest BCUT2D eigenvalue weighted by Crippen LogP contribution is 2.29. The molecule has 1 aromatic carbocycles. The van der Waals surface area contributed by atoms with Crippen LogP contribution in [0.1, 0.15) is 33.3 Å². The lowest BCUT2D eigenvalue weighted by molar-refractivity contribution is -0.131. The summed E-state index contributed by atoms with van der Waals surface area (Å²) in [5, 5.41) is 3.34. The van der Waals surface area contributed by atoms with Crippen LogP contribution in [0.15, 0.2) is 24.3 Å². The zero-order valence-electron chi connectivity index (χ0n) is 14.4. The lowest BCUT2D eigenvalue weighted by Gasteiger charge is -2.34. The Morgan fingerprint density at radius 1 is 1.14 bits per heavy atom. The van der Waals surface area contributed by atoms with Crippen molar-refractivity contribution in [1.29, 1.82) is 0 Å². The average Bonchev–Trinajstić information content (AvgIpc) is 2.52. The molecule has 22 heavy (non-hydrogen) atoms. The minimum atomic E-state index is 0.0688. The van der Waals surface area contributed by atoms with Crippen molar-refractivity contribution in [2.75, 3.05) is 44.6 Å². The summed E-state index contributed by atoms with van der Waals surface area (Å²) in [6.07, 6.45) is 0. The minimum absolute atomic E-state index is 0.0688. The molecule has 1 aliphatic rings. The summed E-state index contributed by atoms with van der Waals surface area (Å²) in [7, 11) is 0. The lowest BCUT2D eigenvalue weighted by Crippen LogP contribution is -2.49. The van der Waals surface area contributed by atoms with Gasteiger partial charge in [-0.1, -0.05) is 45.9 Å². The van der Waals surface area contributed by atoms with Crippen LogP contribution in [0.4, 0.5) is 5.69 Å². The van der Waals surface area contributed by atoms with E-state index in [1.54, 1.807) is 0 Å². The minimum Gasteiger partial charge on any atom is -0.376 e. The number of benzene rings is 1. The summed E-state index contributed by atoms with van der Waals surface area (Å²) in [6, 6.07) is 8.26. The van der Waals surface area contributed by atoms with E-state index >= 15 is 0 Å². The topological polar surface area (TPSA) is 35.6 Å². The van der Waals surface area contributed by atoms with Gasteiger partial charge in [0.25, 0.3) is 0 Å². The quantitative estimate of drug-likeness (QED) is 0.928. The molecule has 1 N–H and O–H groups in total. The third-order valence-corrected chi connectivity index (χ3v) is 4.34. The highest BCUT2D eigenvalue weighted by atomic mass is 16.2. The van der Waals surface area contributed by atoms with Crippen LogP contribution in [-0.2, 0) is 10.2 Å².